The predicted octanol–water partition coefficient (Wildman–Crippen LogP) is 2.87. The molecule has 1 N–H and O–H groups in total. The molecule has 76 valence electrons. The van der Waals surface area contributed by atoms with E-state index >= 15 is 0 Å². The van der Waals surface area contributed by atoms with Gasteiger partial charge in [-0.05, 0) is 12.5 Å². The van der Waals surface area contributed by atoms with Gasteiger partial charge in [0.05, 0.1) is 0 Å². The third-order valence-corrected chi connectivity index (χ3v) is 2.37. The molecular formula is C10H10F3N. The molecule has 0 fully saturated rings. The number of benzene rings is 1. The van der Waals surface area contributed by atoms with E-state index in [0.29, 0.717) is 0 Å². The highest BCUT2D eigenvalue weighted by atomic mass is 19.2. The lowest BCUT2D eigenvalue weighted by molar-refractivity contribution is 0.0703. The number of fused-ring (bicyclic) bond motifs is 1. The van der Waals surface area contributed by atoms with Crippen molar-refractivity contribution >= 4 is 0 Å². The first-order chi connectivity index (χ1) is 6.59. The summed E-state index contributed by atoms with van der Waals surface area (Å²) in [7, 11) is 0. The Kier molecular flexibility index (Phi) is 2.23. The van der Waals surface area contributed by atoms with Gasteiger partial charge in [0.25, 0.3) is 0 Å². The molecule has 1 aliphatic heterocycles. The molecule has 0 saturated carbocycles. The summed E-state index contributed by atoms with van der Waals surface area (Å²) in [4.78, 5) is 0. The molecular weight excluding hydrogens is 191 g/mol. The van der Waals surface area contributed by atoms with Crippen LogP contribution in [0, 0.1) is 6.92 Å². The third kappa shape index (κ3) is 1.39. The predicted molar refractivity (Wildman–Crippen MR) is 46.9 cm³/mol. The van der Waals surface area contributed by atoms with Crippen LogP contribution in [0.15, 0.2) is 18.2 Å². The van der Waals surface area contributed by atoms with Crippen molar-refractivity contribution in [1.29, 1.82) is 0 Å². The maximum atomic E-state index is 13.3. The van der Waals surface area contributed by atoms with Gasteiger partial charge in [-0.25, -0.2) is 13.2 Å². The fourth-order valence-corrected chi connectivity index (χ4v) is 1.64. The van der Waals surface area contributed by atoms with E-state index in [2.05, 4.69) is 0 Å². The summed E-state index contributed by atoms with van der Waals surface area (Å²) in [6.45, 7) is 1.78. The average molecular weight is 201 g/mol. The molecule has 14 heavy (non-hydrogen) atoms. The Hall–Kier alpha value is -1.03. The number of alkyl halides is 3. The van der Waals surface area contributed by atoms with Crippen molar-refractivity contribution in [3.8, 4) is 0 Å². The van der Waals surface area contributed by atoms with E-state index in [0.717, 1.165) is 5.56 Å². The zero-order chi connectivity index (χ0) is 10.3. The van der Waals surface area contributed by atoms with Gasteiger partial charge in [-0.1, -0.05) is 23.8 Å². The van der Waals surface area contributed by atoms with Crippen LogP contribution in [0.5, 0.6) is 0 Å². The first kappa shape index (κ1) is 9.52. The van der Waals surface area contributed by atoms with E-state index < -0.39 is 18.8 Å². The van der Waals surface area contributed by atoms with Crippen LogP contribution in [0.2, 0.25) is 0 Å². The molecule has 0 aliphatic carbocycles. The normalized spacial score (nSPS) is 31.3. The van der Waals surface area contributed by atoms with Gasteiger partial charge in [0.15, 0.2) is 18.8 Å². The zero-order valence-corrected chi connectivity index (χ0v) is 7.60. The van der Waals surface area contributed by atoms with Crippen LogP contribution in [0.4, 0.5) is 13.2 Å². The summed E-state index contributed by atoms with van der Waals surface area (Å²) >= 11 is 0. The number of aryl methyl sites for hydroxylation is 1. The molecule has 1 aromatic rings. The molecule has 1 aromatic carbocycles. The summed E-state index contributed by atoms with van der Waals surface area (Å²) in [5.74, 6) is 0. The van der Waals surface area contributed by atoms with E-state index in [1.165, 1.54) is 12.1 Å². The fraction of sp³-hybridized carbons (Fsp3) is 0.400. The lowest BCUT2D eigenvalue weighted by Crippen LogP contribution is -2.36. The van der Waals surface area contributed by atoms with E-state index in [9.17, 15) is 13.2 Å². The van der Waals surface area contributed by atoms with Gasteiger partial charge in [-0.2, -0.15) is 0 Å². The molecule has 3 unspecified atom stereocenters. The molecule has 0 spiro atoms. The van der Waals surface area contributed by atoms with E-state index in [-0.39, 0.29) is 11.1 Å². The second kappa shape index (κ2) is 3.28. The number of nitrogens with one attached hydrogen (secondary N) is 1. The van der Waals surface area contributed by atoms with Crippen LogP contribution in [0.1, 0.15) is 29.2 Å². The van der Waals surface area contributed by atoms with Crippen molar-refractivity contribution in [3.05, 3.63) is 34.9 Å². The molecule has 4 heteroatoms. The summed E-state index contributed by atoms with van der Waals surface area (Å²) in [6.07, 6.45) is -5.36. The lowest BCUT2D eigenvalue weighted by Gasteiger charge is -2.27. The Morgan fingerprint density at radius 1 is 1.14 bits per heavy atom. The topological polar surface area (TPSA) is 12.0 Å². The molecule has 0 radical (unpaired) electrons. The van der Waals surface area contributed by atoms with Crippen LogP contribution in [-0.2, 0) is 0 Å². The fourth-order valence-electron chi connectivity index (χ4n) is 1.64. The monoisotopic (exact) mass is 201 g/mol. The van der Waals surface area contributed by atoms with Crippen molar-refractivity contribution in [2.75, 3.05) is 0 Å². The first-order valence-corrected chi connectivity index (χ1v) is 4.38. The Bertz CT molecular complexity index is 353. The van der Waals surface area contributed by atoms with Gasteiger partial charge in [0.1, 0.15) is 0 Å². The summed E-state index contributed by atoms with van der Waals surface area (Å²) in [5, 5.41) is 1.90. The van der Waals surface area contributed by atoms with Gasteiger partial charge >= 0.3 is 0 Å². The number of hydrogen-bond donors (Lipinski definition) is 1. The van der Waals surface area contributed by atoms with E-state index in [1.54, 1.807) is 13.0 Å². The van der Waals surface area contributed by atoms with E-state index in [4.69, 9.17) is 0 Å². The average Bonchev–Trinajstić information content (AvgIpc) is 2.14. The molecule has 1 nitrogen and oxygen atoms in total. The number of hydrogen-bond acceptors (Lipinski definition) is 1. The molecule has 0 bridgehead atoms. The van der Waals surface area contributed by atoms with Crippen molar-refractivity contribution in [1.82, 2.24) is 5.32 Å². The SMILES string of the molecule is Cc1ccc2c(c1)C(F)NC(F)C2F. The Labute approximate surface area is 79.9 Å². The summed E-state index contributed by atoms with van der Waals surface area (Å²) in [6, 6.07) is 4.62. The summed E-state index contributed by atoms with van der Waals surface area (Å²) in [5.41, 5.74) is 1.14. The Balaban J connectivity index is 2.50. The van der Waals surface area contributed by atoms with Gasteiger partial charge < -0.3 is 0 Å². The van der Waals surface area contributed by atoms with Gasteiger partial charge in [-0.3, -0.25) is 5.32 Å². The quantitative estimate of drug-likeness (QED) is 0.636. The molecule has 1 heterocycles. The first-order valence-electron chi connectivity index (χ1n) is 4.38. The van der Waals surface area contributed by atoms with Crippen molar-refractivity contribution in [2.45, 2.75) is 25.7 Å². The maximum Gasteiger partial charge on any atom is 0.189 e. The highest BCUT2D eigenvalue weighted by molar-refractivity contribution is 5.36. The second-order valence-electron chi connectivity index (χ2n) is 3.47. The molecule has 0 saturated heterocycles. The standard InChI is InChI=1S/C10H10F3N/c1-5-2-3-6-7(4-5)9(12)14-10(13)8(6)11/h2-4,8-10,14H,1H3. The number of rotatable bonds is 0. The van der Waals surface area contributed by atoms with Crippen LogP contribution in [-0.4, -0.2) is 6.30 Å². The highest BCUT2D eigenvalue weighted by Gasteiger charge is 2.34. The molecule has 1 aliphatic rings. The van der Waals surface area contributed by atoms with Crippen molar-refractivity contribution in [3.63, 3.8) is 0 Å². The Morgan fingerprint density at radius 2 is 1.86 bits per heavy atom. The number of halogens is 3. The molecule has 0 amide bonds. The minimum Gasteiger partial charge on any atom is -0.251 e. The van der Waals surface area contributed by atoms with Gasteiger partial charge in [0.2, 0.25) is 0 Å². The highest BCUT2D eigenvalue weighted by Crippen LogP contribution is 2.36. The van der Waals surface area contributed by atoms with Crippen LogP contribution in [0.3, 0.4) is 0 Å². The second-order valence-corrected chi connectivity index (χ2v) is 3.47. The van der Waals surface area contributed by atoms with Crippen LogP contribution >= 0.6 is 0 Å². The van der Waals surface area contributed by atoms with Crippen molar-refractivity contribution < 1.29 is 13.2 Å². The van der Waals surface area contributed by atoms with Crippen LogP contribution in [0.25, 0.3) is 0 Å². The molecule has 0 aromatic heterocycles. The largest absolute Gasteiger partial charge is 0.251 e. The zero-order valence-electron chi connectivity index (χ0n) is 7.60. The van der Waals surface area contributed by atoms with E-state index in [1.807, 2.05) is 5.32 Å². The summed E-state index contributed by atoms with van der Waals surface area (Å²) < 4.78 is 39.4. The molecule has 3 atom stereocenters. The van der Waals surface area contributed by atoms with Crippen LogP contribution < -0.4 is 5.32 Å². The third-order valence-electron chi connectivity index (χ3n) is 2.37. The Morgan fingerprint density at radius 3 is 2.57 bits per heavy atom. The smallest absolute Gasteiger partial charge is 0.189 e. The van der Waals surface area contributed by atoms with Gasteiger partial charge in [-0.15, -0.1) is 0 Å². The molecule has 2 rings (SSSR count). The minimum atomic E-state index is -1.96. The maximum absolute atomic E-state index is 13.3. The minimum absolute atomic E-state index is 0.106. The van der Waals surface area contributed by atoms with Crippen molar-refractivity contribution in [2.24, 2.45) is 0 Å². The lowest BCUT2D eigenvalue weighted by atomic mass is 9.96. The van der Waals surface area contributed by atoms with Gasteiger partial charge in [0, 0.05) is 5.56 Å².